The molecular formula is C29H32FN5O4. The minimum Gasteiger partial charge on any atom is -0.375 e. The third-order valence-corrected chi connectivity index (χ3v) is 6.38. The van der Waals surface area contributed by atoms with E-state index in [0.717, 1.165) is 16.8 Å². The van der Waals surface area contributed by atoms with Gasteiger partial charge in [-0.05, 0) is 55.0 Å². The minimum atomic E-state index is -0.349. The molecule has 0 atom stereocenters. The monoisotopic (exact) mass is 533 g/mol. The Morgan fingerprint density at radius 2 is 1.54 bits per heavy atom. The van der Waals surface area contributed by atoms with Gasteiger partial charge in [0.15, 0.2) is 0 Å². The Balaban J connectivity index is 1.46. The van der Waals surface area contributed by atoms with Gasteiger partial charge in [0.2, 0.25) is 5.91 Å². The number of nitrogens with zero attached hydrogens (tertiary/aromatic N) is 2. The molecule has 0 saturated carbocycles. The van der Waals surface area contributed by atoms with Gasteiger partial charge >= 0.3 is 6.03 Å². The summed E-state index contributed by atoms with van der Waals surface area (Å²) in [6.45, 7) is 4.08. The predicted octanol–water partition coefficient (Wildman–Crippen LogP) is 4.00. The molecule has 3 aromatic carbocycles. The van der Waals surface area contributed by atoms with Crippen LogP contribution < -0.4 is 20.9 Å². The molecule has 1 heterocycles. The van der Waals surface area contributed by atoms with E-state index < -0.39 is 0 Å². The van der Waals surface area contributed by atoms with Gasteiger partial charge in [-0.15, -0.1) is 0 Å². The van der Waals surface area contributed by atoms with Crippen LogP contribution in [0.4, 0.5) is 26.2 Å². The minimum absolute atomic E-state index is 0.111. The number of hydrogen-bond donors (Lipinski definition) is 3. The Kier molecular flexibility index (Phi) is 9.11. The van der Waals surface area contributed by atoms with Crippen molar-refractivity contribution >= 4 is 34.9 Å². The van der Waals surface area contributed by atoms with Gasteiger partial charge in [0.1, 0.15) is 12.4 Å². The first-order valence-electron chi connectivity index (χ1n) is 12.7. The summed E-state index contributed by atoms with van der Waals surface area (Å²) in [6.07, 6.45) is 0. The Hall–Kier alpha value is -4.44. The molecule has 0 bridgehead atoms. The van der Waals surface area contributed by atoms with Crippen LogP contribution in [0.1, 0.15) is 21.5 Å². The summed E-state index contributed by atoms with van der Waals surface area (Å²) < 4.78 is 18.1. The van der Waals surface area contributed by atoms with E-state index in [1.54, 1.807) is 35.2 Å². The second kappa shape index (κ2) is 12.9. The van der Waals surface area contributed by atoms with Crippen molar-refractivity contribution in [2.45, 2.75) is 13.5 Å². The highest BCUT2D eigenvalue weighted by atomic mass is 19.1. The van der Waals surface area contributed by atoms with Crippen molar-refractivity contribution in [3.63, 3.8) is 0 Å². The first-order valence-corrected chi connectivity index (χ1v) is 12.7. The Morgan fingerprint density at radius 3 is 2.21 bits per heavy atom. The number of ether oxygens (including phenoxy) is 1. The quantitative estimate of drug-likeness (QED) is 0.406. The fourth-order valence-corrected chi connectivity index (χ4v) is 4.27. The number of halogens is 1. The molecule has 0 radical (unpaired) electrons. The van der Waals surface area contributed by atoms with Crippen molar-refractivity contribution in [1.29, 1.82) is 0 Å². The van der Waals surface area contributed by atoms with Crippen LogP contribution in [-0.4, -0.2) is 62.6 Å². The van der Waals surface area contributed by atoms with Crippen LogP contribution in [0.2, 0.25) is 0 Å². The first kappa shape index (κ1) is 27.6. The molecule has 1 saturated heterocycles. The largest absolute Gasteiger partial charge is 0.375 e. The fraction of sp³-hybridized carbons (Fsp3) is 0.276. The molecule has 0 spiro atoms. The highest BCUT2D eigenvalue weighted by molar-refractivity contribution is 6.02. The van der Waals surface area contributed by atoms with E-state index in [1.807, 2.05) is 36.1 Å². The number of carbonyl (C=O) groups excluding carboxylic acids is 3. The number of urea groups is 1. The summed E-state index contributed by atoms with van der Waals surface area (Å²) in [5.74, 6) is -1.02. The number of benzene rings is 3. The molecule has 1 aliphatic heterocycles. The van der Waals surface area contributed by atoms with Crippen molar-refractivity contribution < 1.29 is 23.5 Å². The number of anilines is 3. The van der Waals surface area contributed by atoms with Crippen LogP contribution in [-0.2, 0) is 16.1 Å². The van der Waals surface area contributed by atoms with E-state index in [0.29, 0.717) is 43.1 Å². The summed E-state index contributed by atoms with van der Waals surface area (Å²) in [5, 5.41) is 8.53. The maximum Gasteiger partial charge on any atom is 0.321 e. The van der Waals surface area contributed by atoms with Gasteiger partial charge < -0.3 is 30.5 Å². The van der Waals surface area contributed by atoms with E-state index in [-0.39, 0.29) is 36.8 Å². The van der Waals surface area contributed by atoms with Crippen LogP contribution >= 0.6 is 0 Å². The zero-order chi connectivity index (χ0) is 27.8. The van der Waals surface area contributed by atoms with Gasteiger partial charge in [0.25, 0.3) is 5.91 Å². The lowest BCUT2D eigenvalue weighted by molar-refractivity contribution is -0.119. The summed E-state index contributed by atoms with van der Waals surface area (Å²) in [6, 6.07) is 18.5. The number of aryl methyl sites for hydroxylation is 1. The molecule has 3 N–H and O–H groups in total. The zero-order valence-electron chi connectivity index (χ0n) is 22.0. The second-order valence-electron chi connectivity index (χ2n) is 9.29. The molecule has 0 aromatic heterocycles. The summed E-state index contributed by atoms with van der Waals surface area (Å²) in [7, 11) is 1.43. The molecular weight excluding hydrogens is 501 g/mol. The molecule has 39 heavy (non-hydrogen) atoms. The fourth-order valence-electron chi connectivity index (χ4n) is 4.27. The summed E-state index contributed by atoms with van der Waals surface area (Å²) in [5.41, 5.74) is 4.13. The van der Waals surface area contributed by atoms with Gasteiger partial charge in [-0.3, -0.25) is 9.59 Å². The van der Waals surface area contributed by atoms with E-state index >= 15 is 0 Å². The van der Waals surface area contributed by atoms with E-state index in [1.165, 1.54) is 19.2 Å². The van der Waals surface area contributed by atoms with Crippen molar-refractivity contribution in [2.24, 2.45) is 0 Å². The van der Waals surface area contributed by atoms with Crippen LogP contribution in [0.25, 0.3) is 0 Å². The zero-order valence-corrected chi connectivity index (χ0v) is 22.0. The predicted molar refractivity (Wildman–Crippen MR) is 149 cm³/mol. The number of rotatable bonds is 8. The lowest BCUT2D eigenvalue weighted by atomic mass is 10.1. The molecule has 4 amide bonds. The van der Waals surface area contributed by atoms with E-state index in [9.17, 15) is 18.8 Å². The van der Waals surface area contributed by atoms with Gasteiger partial charge in [-0.2, -0.15) is 0 Å². The molecule has 204 valence electrons. The second-order valence-corrected chi connectivity index (χ2v) is 9.29. The van der Waals surface area contributed by atoms with Crippen molar-refractivity contribution in [2.75, 3.05) is 55.4 Å². The lowest BCUT2D eigenvalue weighted by Gasteiger charge is -2.37. The van der Waals surface area contributed by atoms with Gasteiger partial charge in [-0.1, -0.05) is 29.8 Å². The maximum absolute atomic E-state index is 13.3. The topological polar surface area (TPSA) is 103 Å². The number of carbonyl (C=O) groups is 3. The third kappa shape index (κ3) is 7.55. The number of methoxy groups -OCH3 is 1. The average molecular weight is 534 g/mol. The number of nitrogens with one attached hydrogen (secondary N) is 3. The SMILES string of the molecule is COCC(=O)Nc1ccc(N2CCN(C(=O)Nc3ccc(C)cc3)CC2)c(C(=O)NCc2ccc(F)cc2)c1. The standard InChI is InChI=1S/C29H32FN5O4/c1-20-3-9-23(10-4-20)33-29(38)35-15-13-34(14-16-35)26-12-11-24(32-27(36)19-39-2)17-25(26)28(37)31-18-21-5-7-22(30)8-6-21/h3-12,17H,13-16,18-19H2,1-2H3,(H,31,37)(H,32,36)(H,33,38). The van der Waals surface area contributed by atoms with Crippen LogP contribution in [0.3, 0.4) is 0 Å². The Morgan fingerprint density at radius 1 is 0.872 bits per heavy atom. The van der Waals surface area contributed by atoms with Crippen molar-refractivity contribution in [1.82, 2.24) is 10.2 Å². The highest BCUT2D eigenvalue weighted by Crippen LogP contribution is 2.26. The van der Waals surface area contributed by atoms with Crippen LogP contribution in [0.5, 0.6) is 0 Å². The van der Waals surface area contributed by atoms with Crippen molar-refractivity contribution in [3.8, 4) is 0 Å². The Bertz CT molecular complexity index is 1310. The molecule has 3 aromatic rings. The average Bonchev–Trinajstić information content (AvgIpc) is 2.94. The van der Waals surface area contributed by atoms with Gasteiger partial charge in [-0.25, -0.2) is 9.18 Å². The van der Waals surface area contributed by atoms with Crippen LogP contribution in [0.15, 0.2) is 66.7 Å². The maximum atomic E-state index is 13.3. The normalized spacial score (nSPS) is 13.1. The number of piperazine rings is 1. The Labute approximate surface area is 226 Å². The summed E-state index contributed by atoms with van der Waals surface area (Å²) in [4.78, 5) is 41.9. The molecule has 9 nitrogen and oxygen atoms in total. The summed E-state index contributed by atoms with van der Waals surface area (Å²) >= 11 is 0. The van der Waals surface area contributed by atoms with Gasteiger partial charge in [0, 0.05) is 56.9 Å². The number of amides is 4. The number of hydrogen-bond acceptors (Lipinski definition) is 5. The van der Waals surface area contributed by atoms with Crippen molar-refractivity contribution in [3.05, 3.63) is 89.2 Å². The smallest absolute Gasteiger partial charge is 0.321 e. The highest BCUT2D eigenvalue weighted by Gasteiger charge is 2.25. The third-order valence-electron chi connectivity index (χ3n) is 6.38. The molecule has 10 heteroatoms. The first-order chi connectivity index (χ1) is 18.8. The van der Waals surface area contributed by atoms with E-state index in [2.05, 4.69) is 16.0 Å². The molecule has 0 unspecified atom stereocenters. The molecule has 1 fully saturated rings. The molecule has 0 aliphatic carbocycles. The van der Waals surface area contributed by atoms with E-state index in [4.69, 9.17) is 4.74 Å². The lowest BCUT2D eigenvalue weighted by Crippen LogP contribution is -2.50. The molecule has 4 rings (SSSR count). The van der Waals surface area contributed by atoms with Gasteiger partial charge in [0.05, 0.1) is 5.56 Å². The molecule has 1 aliphatic rings. The van der Waals surface area contributed by atoms with Crippen LogP contribution in [0, 0.1) is 12.7 Å².